The lowest BCUT2D eigenvalue weighted by molar-refractivity contribution is -0.200. The van der Waals surface area contributed by atoms with E-state index in [1.165, 1.54) is 24.0 Å². The maximum atomic E-state index is 13.3. The van der Waals surface area contributed by atoms with Gasteiger partial charge in [0.05, 0.1) is 17.1 Å². The predicted octanol–water partition coefficient (Wildman–Crippen LogP) is 3.79. The Labute approximate surface area is 207 Å². The average Bonchev–Trinajstić information content (AvgIpc) is 3.62. The fourth-order valence-corrected chi connectivity index (χ4v) is 7.83. The van der Waals surface area contributed by atoms with Crippen molar-refractivity contribution in [2.75, 3.05) is 20.1 Å². The number of hydrogen-bond donors (Lipinski definition) is 1. The van der Waals surface area contributed by atoms with Crippen LogP contribution in [0.4, 0.5) is 0 Å². The molecule has 1 N–H and O–H groups in total. The summed E-state index contributed by atoms with van der Waals surface area (Å²) >= 11 is 0. The highest BCUT2D eigenvalue weighted by Gasteiger charge is 2.73. The molecule has 0 aromatic heterocycles. The van der Waals surface area contributed by atoms with E-state index in [4.69, 9.17) is 4.74 Å². The van der Waals surface area contributed by atoms with Gasteiger partial charge in [0.1, 0.15) is 11.9 Å². The van der Waals surface area contributed by atoms with E-state index in [9.17, 15) is 9.90 Å². The second kappa shape index (κ2) is 7.68. The molecule has 0 radical (unpaired) electrons. The summed E-state index contributed by atoms with van der Waals surface area (Å²) in [6.07, 6.45) is 9.22. The molecule has 5 atom stereocenters. The molecule has 2 aromatic carbocycles. The first kappa shape index (κ1) is 21.6. The van der Waals surface area contributed by atoms with Crippen molar-refractivity contribution < 1.29 is 14.6 Å². The molecule has 3 fully saturated rings. The van der Waals surface area contributed by atoms with Crippen LogP contribution in [-0.2, 0) is 16.6 Å². The highest BCUT2D eigenvalue weighted by atomic mass is 16.5. The molecule has 35 heavy (non-hydrogen) atoms. The molecule has 7 rings (SSSR count). The van der Waals surface area contributed by atoms with E-state index >= 15 is 0 Å². The van der Waals surface area contributed by atoms with Crippen molar-refractivity contribution in [1.29, 1.82) is 0 Å². The Kier molecular flexibility index (Phi) is 4.75. The summed E-state index contributed by atoms with van der Waals surface area (Å²) in [6, 6.07) is 16.4. The number of carbonyl (C=O) groups excluding carboxylic acids is 1. The monoisotopic (exact) mass is 470 g/mol. The lowest BCUT2D eigenvalue weighted by Crippen LogP contribution is -2.78. The molecule has 3 aliphatic carbocycles. The third-order valence-corrected chi connectivity index (χ3v) is 9.69. The lowest BCUT2D eigenvalue weighted by atomic mass is 9.48. The Morgan fingerprint density at radius 3 is 2.77 bits per heavy atom. The summed E-state index contributed by atoms with van der Waals surface area (Å²) in [7, 11) is 1.90. The molecule has 2 aliphatic heterocycles. The molecule has 5 nitrogen and oxygen atoms in total. The number of piperidine rings is 1. The number of aliphatic hydroxyl groups is 1. The number of amides is 1. The maximum absolute atomic E-state index is 13.3. The summed E-state index contributed by atoms with van der Waals surface area (Å²) in [5.74, 6) is 1.71. The molecule has 1 spiro atoms. The van der Waals surface area contributed by atoms with Crippen LogP contribution in [0.3, 0.4) is 0 Å². The van der Waals surface area contributed by atoms with Gasteiger partial charge in [0.25, 0.3) is 0 Å². The van der Waals surface area contributed by atoms with Gasteiger partial charge in [-0.3, -0.25) is 9.69 Å². The zero-order valence-corrected chi connectivity index (χ0v) is 20.4. The summed E-state index contributed by atoms with van der Waals surface area (Å²) in [6.45, 7) is 2.10. The van der Waals surface area contributed by atoms with Crippen molar-refractivity contribution in [3.8, 4) is 5.75 Å². The summed E-state index contributed by atoms with van der Waals surface area (Å²) in [4.78, 5) is 17.7. The number of likely N-dealkylation sites (tertiary alicyclic amines) is 1. The number of benzene rings is 2. The van der Waals surface area contributed by atoms with E-state index in [2.05, 4.69) is 23.1 Å². The second-order valence-electron chi connectivity index (χ2n) is 11.4. The molecule has 2 aromatic rings. The molecule has 1 saturated heterocycles. The van der Waals surface area contributed by atoms with Crippen LogP contribution >= 0.6 is 0 Å². The van der Waals surface area contributed by atoms with E-state index < -0.39 is 11.0 Å². The molecule has 182 valence electrons. The van der Waals surface area contributed by atoms with Gasteiger partial charge in [-0.05, 0) is 74.3 Å². The van der Waals surface area contributed by atoms with Gasteiger partial charge in [-0.25, -0.2) is 0 Å². The van der Waals surface area contributed by atoms with Crippen LogP contribution < -0.4 is 4.74 Å². The number of carbonyl (C=O) groups is 1. The predicted molar refractivity (Wildman–Crippen MR) is 135 cm³/mol. The van der Waals surface area contributed by atoms with Crippen LogP contribution in [0.2, 0.25) is 0 Å². The zero-order valence-electron chi connectivity index (χ0n) is 20.4. The Morgan fingerprint density at radius 1 is 1.14 bits per heavy atom. The third-order valence-electron chi connectivity index (χ3n) is 9.69. The standard InChI is InChI=1S/C30H34N2O3/c1-31(26(33)13-12-20-6-3-2-4-7-20)23-14-15-30(34)25-18-22-8-5-9-24-27(22)29(30,28(23)35-24)16-17-32(25)19-21-10-11-21/h2-9,12-13,21,23,25,28,34H,10-11,14-19H2,1H3/b13-12+/t23?,25-,28?,29+,30-/m1/s1. The van der Waals surface area contributed by atoms with Crippen LogP contribution in [-0.4, -0.2) is 64.7 Å². The molecular formula is C30H34N2O3. The summed E-state index contributed by atoms with van der Waals surface area (Å²) in [5, 5.41) is 12.6. The minimum Gasteiger partial charge on any atom is -0.487 e. The van der Waals surface area contributed by atoms with Crippen LogP contribution in [0.15, 0.2) is 54.6 Å². The fraction of sp³-hybridized carbons (Fsp3) is 0.500. The second-order valence-corrected chi connectivity index (χ2v) is 11.4. The van der Waals surface area contributed by atoms with E-state index in [1.807, 2.05) is 48.4 Å². The number of ether oxygens (including phenoxy) is 1. The lowest BCUT2D eigenvalue weighted by Gasteiger charge is -2.64. The molecule has 2 heterocycles. The van der Waals surface area contributed by atoms with Gasteiger partial charge in [0, 0.05) is 31.3 Å². The molecule has 5 heteroatoms. The van der Waals surface area contributed by atoms with Gasteiger partial charge < -0.3 is 14.7 Å². The molecular weight excluding hydrogens is 436 g/mol. The first-order valence-corrected chi connectivity index (χ1v) is 13.3. The van der Waals surface area contributed by atoms with Gasteiger partial charge in [0.15, 0.2) is 0 Å². The topological polar surface area (TPSA) is 53.0 Å². The highest BCUT2D eigenvalue weighted by Crippen LogP contribution is 2.64. The number of hydrogen-bond acceptors (Lipinski definition) is 4. The van der Waals surface area contributed by atoms with Gasteiger partial charge >= 0.3 is 0 Å². The maximum Gasteiger partial charge on any atom is 0.246 e. The first-order valence-electron chi connectivity index (χ1n) is 13.3. The van der Waals surface area contributed by atoms with Gasteiger partial charge in [0.2, 0.25) is 5.91 Å². The van der Waals surface area contributed by atoms with Gasteiger partial charge in [-0.1, -0.05) is 42.5 Å². The quantitative estimate of drug-likeness (QED) is 0.676. The third kappa shape index (κ3) is 3.04. The largest absolute Gasteiger partial charge is 0.487 e. The van der Waals surface area contributed by atoms with Crippen molar-refractivity contribution in [2.45, 2.75) is 67.7 Å². The van der Waals surface area contributed by atoms with Gasteiger partial charge in [-0.15, -0.1) is 0 Å². The van der Waals surface area contributed by atoms with E-state index in [0.29, 0.717) is 6.42 Å². The number of rotatable bonds is 5. The Balaban J connectivity index is 1.24. The van der Waals surface area contributed by atoms with E-state index in [0.717, 1.165) is 49.6 Å². The average molecular weight is 471 g/mol. The summed E-state index contributed by atoms with van der Waals surface area (Å²) in [5.41, 5.74) is 2.32. The highest BCUT2D eigenvalue weighted by molar-refractivity contribution is 5.92. The Morgan fingerprint density at radius 2 is 1.97 bits per heavy atom. The molecule has 1 amide bonds. The molecule has 5 aliphatic rings. The van der Waals surface area contributed by atoms with Crippen molar-refractivity contribution in [3.05, 3.63) is 71.3 Å². The molecule has 2 unspecified atom stereocenters. The SMILES string of the molecule is CN(C(=O)/C=C/c1ccccc1)C1CC[C@@]2(O)[C@H]3Cc4cccc5c4[C@@]2(CCN3CC2CC2)C1O5. The van der Waals surface area contributed by atoms with Crippen molar-refractivity contribution in [3.63, 3.8) is 0 Å². The van der Waals surface area contributed by atoms with Crippen LogP contribution in [0.1, 0.15) is 48.8 Å². The number of nitrogens with zero attached hydrogens (tertiary/aromatic N) is 2. The minimum atomic E-state index is -0.815. The van der Waals surface area contributed by atoms with E-state index in [1.54, 1.807) is 6.08 Å². The number of likely N-dealkylation sites (N-methyl/N-ethyl adjacent to an activating group) is 1. The van der Waals surface area contributed by atoms with Crippen molar-refractivity contribution in [1.82, 2.24) is 9.80 Å². The van der Waals surface area contributed by atoms with Crippen LogP contribution in [0, 0.1) is 5.92 Å². The van der Waals surface area contributed by atoms with E-state index in [-0.39, 0.29) is 24.1 Å². The van der Waals surface area contributed by atoms with Crippen LogP contribution in [0.25, 0.3) is 6.08 Å². The van der Waals surface area contributed by atoms with Gasteiger partial charge in [-0.2, -0.15) is 0 Å². The van der Waals surface area contributed by atoms with Crippen LogP contribution in [0.5, 0.6) is 5.75 Å². The van der Waals surface area contributed by atoms with Crippen molar-refractivity contribution >= 4 is 12.0 Å². The Hall–Kier alpha value is -2.63. The minimum absolute atomic E-state index is 0.0148. The zero-order chi connectivity index (χ0) is 23.8. The molecule has 2 saturated carbocycles. The summed E-state index contributed by atoms with van der Waals surface area (Å²) < 4.78 is 6.72. The first-order chi connectivity index (χ1) is 17.0. The Bertz CT molecular complexity index is 1190. The smallest absolute Gasteiger partial charge is 0.246 e. The fourth-order valence-electron chi connectivity index (χ4n) is 7.83. The molecule has 2 bridgehead atoms. The van der Waals surface area contributed by atoms with Crippen molar-refractivity contribution in [2.24, 2.45) is 5.92 Å². The normalized spacial score (nSPS) is 35.0.